The minimum absolute atomic E-state index is 0.211. The Morgan fingerprint density at radius 2 is 1.91 bits per heavy atom. The van der Waals surface area contributed by atoms with Gasteiger partial charge in [-0.25, -0.2) is 0 Å². The minimum Gasteiger partial charge on any atom is -0.493 e. The highest BCUT2D eigenvalue weighted by atomic mass is 32.2. The number of amides is 2. The van der Waals surface area contributed by atoms with Crippen molar-refractivity contribution in [2.24, 2.45) is 11.0 Å². The number of thioether (sulfide) groups is 1. The maximum atomic E-state index is 11.6. The van der Waals surface area contributed by atoms with Crippen LogP contribution in [0.4, 0.5) is 4.79 Å². The Hall–Kier alpha value is -3.03. The summed E-state index contributed by atoms with van der Waals surface area (Å²) in [6.45, 7) is 7.51. The third-order valence-electron chi connectivity index (χ3n) is 4.90. The molecule has 1 saturated heterocycles. The van der Waals surface area contributed by atoms with Crippen molar-refractivity contribution in [2.75, 3.05) is 13.2 Å². The molecule has 1 aliphatic heterocycles. The number of carbonyl (C=O) groups is 2. The van der Waals surface area contributed by atoms with Crippen molar-refractivity contribution >= 4 is 22.9 Å². The first-order valence-electron chi connectivity index (χ1n) is 11.1. The average Bonchev–Trinajstić information content (AvgIpc) is 3.12. The number of hydrogen-bond acceptors (Lipinski definition) is 6. The van der Waals surface area contributed by atoms with Crippen LogP contribution in [0.5, 0.6) is 5.75 Å². The van der Waals surface area contributed by atoms with E-state index in [1.807, 2.05) is 36.5 Å². The van der Waals surface area contributed by atoms with Gasteiger partial charge in [0.2, 0.25) is 5.91 Å². The predicted molar refractivity (Wildman–Crippen MR) is 131 cm³/mol. The van der Waals surface area contributed by atoms with Crippen LogP contribution in [0.15, 0.2) is 47.7 Å². The van der Waals surface area contributed by atoms with Gasteiger partial charge in [0.25, 0.3) is 5.24 Å². The van der Waals surface area contributed by atoms with Crippen LogP contribution >= 0.6 is 11.8 Å². The molecule has 1 aromatic carbocycles. The highest BCUT2D eigenvalue weighted by molar-refractivity contribution is 8.15. The second-order valence-corrected chi connectivity index (χ2v) is 9.15. The van der Waals surface area contributed by atoms with E-state index < -0.39 is 0 Å². The van der Waals surface area contributed by atoms with Gasteiger partial charge in [0.05, 0.1) is 11.9 Å². The van der Waals surface area contributed by atoms with Crippen molar-refractivity contribution in [2.45, 2.75) is 51.7 Å². The zero-order chi connectivity index (χ0) is 24.1. The van der Waals surface area contributed by atoms with E-state index in [9.17, 15) is 9.59 Å². The summed E-state index contributed by atoms with van der Waals surface area (Å²) < 4.78 is 5.75. The standard InChI is InChI=1S/C19H20N2O3S.C5H11N3/c1-2-13-3-6-15(20-12-13)9-10-24-16-7-4-14(5-8-16)11-17-18(22)21-19(23)25-17;1-5(2)3-4-7-8-6/h3-8,12,17H,2,9-11H2,1H3,(H,21,22,23);5H,3-4H2,1-2H3. The average molecular weight is 470 g/mol. The quantitative estimate of drug-likeness (QED) is 0.280. The maximum Gasteiger partial charge on any atom is 0.286 e. The summed E-state index contributed by atoms with van der Waals surface area (Å²) in [4.78, 5) is 29.8. The fourth-order valence-corrected chi connectivity index (χ4v) is 3.77. The first kappa shape index (κ1) is 26.2. The number of ether oxygens (including phenoxy) is 1. The molecule has 2 heterocycles. The predicted octanol–water partition coefficient (Wildman–Crippen LogP) is 5.50. The summed E-state index contributed by atoms with van der Waals surface area (Å²) in [5, 5.41) is 5.09. The molecule has 0 spiro atoms. The molecule has 1 atom stereocenters. The summed E-state index contributed by atoms with van der Waals surface area (Å²) in [6.07, 6.45) is 5.18. The second kappa shape index (κ2) is 14.2. The number of nitrogens with one attached hydrogen (secondary N) is 1. The monoisotopic (exact) mass is 469 g/mol. The number of carbonyl (C=O) groups excluding carboxylic acids is 2. The smallest absolute Gasteiger partial charge is 0.286 e. The van der Waals surface area contributed by atoms with Crippen LogP contribution in [0.1, 0.15) is 44.0 Å². The zero-order valence-corrected chi connectivity index (χ0v) is 20.2. The topological polar surface area (TPSA) is 117 Å². The molecule has 2 aromatic rings. The molecule has 0 saturated carbocycles. The second-order valence-electron chi connectivity index (χ2n) is 7.98. The molecule has 8 nitrogen and oxygen atoms in total. The lowest BCUT2D eigenvalue weighted by atomic mass is 10.1. The summed E-state index contributed by atoms with van der Waals surface area (Å²) >= 11 is 1.05. The fourth-order valence-electron chi connectivity index (χ4n) is 2.91. The fraction of sp³-hybridized carbons (Fsp3) is 0.458. The highest BCUT2D eigenvalue weighted by Crippen LogP contribution is 2.23. The Balaban J connectivity index is 0.000000414. The minimum atomic E-state index is -0.337. The van der Waals surface area contributed by atoms with Gasteiger partial charge in [-0.05, 0) is 60.0 Å². The van der Waals surface area contributed by atoms with Gasteiger partial charge in [-0.15, -0.1) is 0 Å². The van der Waals surface area contributed by atoms with E-state index in [0.29, 0.717) is 25.5 Å². The van der Waals surface area contributed by atoms with Gasteiger partial charge in [0, 0.05) is 29.8 Å². The number of azide groups is 1. The molecule has 2 amide bonds. The number of aromatic nitrogens is 1. The molecule has 3 rings (SSSR count). The van der Waals surface area contributed by atoms with Gasteiger partial charge in [-0.1, -0.05) is 55.8 Å². The zero-order valence-electron chi connectivity index (χ0n) is 19.4. The van der Waals surface area contributed by atoms with E-state index in [-0.39, 0.29) is 16.4 Å². The molecule has 0 bridgehead atoms. The summed E-state index contributed by atoms with van der Waals surface area (Å²) in [6, 6.07) is 11.8. The molecule has 9 heteroatoms. The van der Waals surface area contributed by atoms with E-state index in [1.54, 1.807) is 0 Å². The molecular formula is C24H31N5O3S. The molecule has 33 heavy (non-hydrogen) atoms. The van der Waals surface area contributed by atoms with E-state index in [4.69, 9.17) is 10.3 Å². The number of nitrogens with zero attached hydrogens (tertiary/aromatic N) is 4. The van der Waals surface area contributed by atoms with Crippen molar-refractivity contribution in [1.29, 1.82) is 0 Å². The lowest BCUT2D eigenvalue weighted by Crippen LogP contribution is -2.25. The van der Waals surface area contributed by atoms with Gasteiger partial charge in [-0.2, -0.15) is 0 Å². The van der Waals surface area contributed by atoms with Crippen molar-refractivity contribution in [1.82, 2.24) is 10.3 Å². The van der Waals surface area contributed by atoms with Crippen LogP contribution < -0.4 is 10.1 Å². The van der Waals surface area contributed by atoms with Crippen LogP contribution in [0.25, 0.3) is 10.4 Å². The highest BCUT2D eigenvalue weighted by Gasteiger charge is 2.31. The molecule has 176 valence electrons. The van der Waals surface area contributed by atoms with Gasteiger partial charge < -0.3 is 4.74 Å². The normalized spacial score (nSPS) is 14.8. The Morgan fingerprint density at radius 3 is 2.45 bits per heavy atom. The Morgan fingerprint density at radius 1 is 1.18 bits per heavy atom. The molecule has 0 aliphatic carbocycles. The summed E-state index contributed by atoms with van der Waals surface area (Å²) in [5.74, 6) is 1.21. The Labute approximate surface area is 199 Å². The van der Waals surface area contributed by atoms with E-state index >= 15 is 0 Å². The molecule has 1 unspecified atom stereocenters. The summed E-state index contributed by atoms with van der Waals surface area (Å²) in [7, 11) is 0. The van der Waals surface area contributed by atoms with E-state index in [1.165, 1.54) is 5.56 Å². The van der Waals surface area contributed by atoms with Crippen molar-refractivity contribution in [3.63, 3.8) is 0 Å². The number of imide groups is 1. The van der Waals surface area contributed by atoms with E-state index in [2.05, 4.69) is 47.2 Å². The van der Waals surface area contributed by atoms with Gasteiger partial charge in [0.15, 0.2) is 0 Å². The molecule has 1 aliphatic rings. The lowest BCUT2D eigenvalue weighted by molar-refractivity contribution is -0.118. The maximum absolute atomic E-state index is 11.6. The van der Waals surface area contributed by atoms with Crippen molar-refractivity contribution in [3.05, 3.63) is 69.9 Å². The first-order chi connectivity index (χ1) is 15.9. The number of aryl methyl sites for hydroxylation is 1. The molecular weight excluding hydrogens is 438 g/mol. The number of pyridine rings is 1. The number of benzene rings is 1. The van der Waals surface area contributed by atoms with Crippen LogP contribution in [0, 0.1) is 5.92 Å². The van der Waals surface area contributed by atoms with Gasteiger partial charge in [-0.3, -0.25) is 19.9 Å². The molecule has 1 aromatic heterocycles. The SMILES string of the molecule is CC(C)CCN=[N+]=[N-].CCc1ccc(CCOc2ccc(CC3SC(=O)NC3=O)cc2)nc1. The van der Waals surface area contributed by atoms with Gasteiger partial charge >= 0.3 is 0 Å². The van der Waals surface area contributed by atoms with Crippen LogP contribution in [0.2, 0.25) is 0 Å². The lowest BCUT2D eigenvalue weighted by Gasteiger charge is -2.09. The Kier molecular flexibility index (Phi) is 11.3. The number of rotatable bonds is 10. The van der Waals surface area contributed by atoms with Crippen molar-refractivity contribution in [3.8, 4) is 5.75 Å². The third kappa shape index (κ3) is 9.97. The third-order valence-corrected chi connectivity index (χ3v) is 5.88. The number of hydrogen-bond donors (Lipinski definition) is 1. The Bertz CT molecular complexity index is 942. The van der Waals surface area contributed by atoms with Crippen LogP contribution in [-0.2, 0) is 24.1 Å². The molecule has 1 N–H and O–H groups in total. The first-order valence-corrected chi connectivity index (χ1v) is 12.0. The molecule has 0 radical (unpaired) electrons. The van der Waals surface area contributed by atoms with Gasteiger partial charge in [0.1, 0.15) is 5.75 Å². The summed E-state index contributed by atoms with van der Waals surface area (Å²) in [5.41, 5.74) is 11.1. The van der Waals surface area contributed by atoms with Crippen LogP contribution in [0.3, 0.4) is 0 Å². The largest absolute Gasteiger partial charge is 0.493 e. The molecule has 1 fully saturated rings. The van der Waals surface area contributed by atoms with Crippen molar-refractivity contribution < 1.29 is 14.3 Å². The van der Waals surface area contributed by atoms with Crippen LogP contribution in [-0.4, -0.2) is 34.5 Å². The van der Waals surface area contributed by atoms with E-state index in [0.717, 1.165) is 48.0 Å².